The van der Waals surface area contributed by atoms with Gasteiger partial charge in [-0.25, -0.2) is 14.8 Å². The molecule has 1 saturated carbocycles. The molecule has 0 aliphatic heterocycles. The minimum absolute atomic E-state index is 0.0972. The number of benzene rings is 1. The van der Waals surface area contributed by atoms with Crippen LogP contribution in [0.2, 0.25) is 5.02 Å². The van der Waals surface area contributed by atoms with Crippen molar-refractivity contribution >= 4 is 23.5 Å². The number of aliphatic hydroxyl groups is 1. The van der Waals surface area contributed by atoms with Crippen LogP contribution in [0.3, 0.4) is 0 Å². The number of amides is 1. The molecule has 1 aliphatic rings. The number of nitrogens with zero attached hydrogens (tertiary/aromatic N) is 2. The molecule has 7 nitrogen and oxygen atoms in total. The molecular weight excluding hydrogens is 478 g/mol. The maximum absolute atomic E-state index is 12.4. The van der Waals surface area contributed by atoms with Crippen LogP contribution in [-0.2, 0) is 0 Å². The molecule has 4 rings (SSSR count). The van der Waals surface area contributed by atoms with Gasteiger partial charge < -0.3 is 15.5 Å². The zero-order valence-corrected chi connectivity index (χ0v) is 20.9. The molecule has 1 fully saturated rings. The quantitative estimate of drug-likeness (QED) is 0.449. The van der Waals surface area contributed by atoms with Gasteiger partial charge in [0.25, 0.3) is 5.91 Å². The lowest BCUT2D eigenvalue weighted by molar-refractivity contribution is 0.0451. The predicted molar refractivity (Wildman–Crippen MR) is 138 cm³/mol. The van der Waals surface area contributed by atoms with Crippen molar-refractivity contribution in [3.63, 3.8) is 0 Å². The lowest BCUT2D eigenvalue weighted by Gasteiger charge is -2.33. The molecule has 1 aromatic carbocycles. The normalized spacial score (nSPS) is 18.6. The van der Waals surface area contributed by atoms with Crippen LogP contribution < -0.4 is 5.32 Å². The average Bonchev–Trinajstić information content (AvgIpc) is 2.83. The predicted octanol–water partition coefficient (Wildman–Crippen LogP) is 4.59. The van der Waals surface area contributed by atoms with E-state index in [-0.39, 0.29) is 17.6 Å². The standard InChI is InChI=1S/C21H21ClN2O2.C7H7NO2/c1-15-5-2-9-19(23-15)20(25)24-18-8-4-11-21(26,14-18)12-10-16-6-3-7-17(22)13-16;1-5-3-2-4-6(8-5)7(9)10/h2-3,5-7,9,13,18,26H,4,8,11,14H2,1H3,(H,24,25);2-4H,1H3,(H,9,10)/t18-,21+;/m0./s1. The van der Waals surface area contributed by atoms with Crippen molar-refractivity contribution in [2.24, 2.45) is 0 Å². The van der Waals surface area contributed by atoms with Gasteiger partial charge in [-0.1, -0.05) is 41.6 Å². The van der Waals surface area contributed by atoms with E-state index >= 15 is 0 Å². The Hall–Kier alpha value is -3.73. The Bertz CT molecular complexity index is 1300. The fraction of sp³-hybridized carbons (Fsp3) is 0.286. The molecule has 3 N–H and O–H groups in total. The Morgan fingerprint density at radius 3 is 2.28 bits per heavy atom. The molecule has 186 valence electrons. The van der Waals surface area contributed by atoms with Crippen molar-refractivity contribution in [1.82, 2.24) is 15.3 Å². The molecule has 0 radical (unpaired) electrons. The third-order valence-electron chi connectivity index (χ3n) is 5.55. The number of halogens is 1. The zero-order chi connectivity index (χ0) is 26.1. The SMILES string of the molecule is Cc1cccc(C(=O)N[C@H]2CCC[C@@](O)(C#Cc3cccc(Cl)c3)C2)n1.Cc1cccc(C(=O)O)n1. The summed E-state index contributed by atoms with van der Waals surface area (Å²) in [4.78, 5) is 30.7. The zero-order valence-electron chi connectivity index (χ0n) is 20.2. The van der Waals surface area contributed by atoms with Crippen LogP contribution in [0.1, 0.15) is 63.6 Å². The topological polar surface area (TPSA) is 112 Å². The summed E-state index contributed by atoms with van der Waals surface area (Å²) >= 11 is 5.97. The van der Waals surface area contributed by atoms with E-state index in [4.69, 9.17) is 16.7 Å². The van der Waals surface area contributed by atoms with E-state index in [2.05, 4.69) is 27.1 Å². The minimum atomic E-state index is -1.11. The lowest BCUT2D eigenvalue weighted by atomic mass is 9.82. The van der Waals surface area contributed by atoms with E-state index in [1.165, 1.54) is 6.07 Å². The Morgan fingerprint density at radius 1 is 1.03 bits per heavy atom. The van der Waals surface area contributed by atoms with Gasteiger partial charge in [0.15, 0.2) is 0 Å². The molecule has 0 spiro atoms. The summed E-state index contributed by atoms with van der Waals surface area (Å²) in [6.45, 7) is 3.61. The van der Waals surface area contributed by atoms with Gasteiger partial charge in [0, 0.05) is 34.4 Å². The minimum Gasteiger partial charge on any atom is -0.477 e. The Balaban J connectivity index is 0.000000303. The summed E-state index contributed by atoms with van der Waals surface area (Å²) in [6.07, 6.45) is 2.61. The van der Waals surface area contributed by atoms with Gasteiger partial charge in [0.05, 0.1) is 0 Å². The summed E-state index contributed by atoms with van der Waals surface area (Å²) in [5.41, 5.74) is 1.66. The number of hydrogen-bond donors (Lipinski definition) is 3. The Morgan fingerprint density at radius 2 is 1.67 bits per heavy atom. The summed E-state index contributed by atoms with van der Waals surface area (Å²) < 4.78 is 0. The number of carbonyl (C=O) groups excluding carboxylic acids is 1. The highest BCUT2D eigenvalue weighted by molar-refractivity contribution is 6.30. The second-order valence-electron chi connectivity index (χ2n) is 8.69. The molecule has 0 unspecified atom stereocenters. The van der Waals surface area contributed by atoms with Gasteiger partial charge in [-0.05, 0) is 75.6 Å². The highest BCUT2D eigenvalue weighted by Gasteiger charge is 2.33. The second-order valence-corrected chi connectivity index (χ2v) is 9.13. The summed E-state index contributed by atoms with van der Waals surface area (Å²) in [5, 5.41) is 22.9. The maximum Gasteiger partial charge on any atom is 0.354 e. The van der Waals surface area contributed by atoms with Crippen LogP contribution in [0.15, 0.2) is 60.7 Å². The monoisotopic (exact) mass is 505 g/mol. The van der Waals surface area contributed by atoms with E-state index in [0.717, 1.165) is 29.8 Å². The molecule has 0 saturated heterocycles. The number of nitrogens with one attached hydrogen (secondary N) is 1. The first-order chi connectivity index (χ1) is 17.1. The highest BCUT2D eigenvalue weighted by Crippen LogP contribution is 2.28. The number of carboxylic acids is 1. The number of aromatic carboxylic acids is 1. The molecule has 3 aromatic rings. The molecular formula is C28H28ClN3O4. The fourth-order valence-corrected chi connectivity index (χ4v) is 4.03. The van der Waals surface area contributed by atoms with Crippen LogP contribution in [0, 0.1) is 25.7 Å². The van der Waals surface area contributed by atoms with Crippen molar-refractivity contribution in [3.05, 3.63) is 94.0 Å². The number of rotatable bonds is 3. The van der Waals surface area contributed by atoms with Crippen molar-refractivity contribution in [2.75, 3.05) is 0 Å². The van der Waals surface area contributed by atoms with E-state index in [1.807, 2.05) is 31.2 Å². The Kier molecular flexibility index (Phi) is 9.18. The molecule has 2 atom stereocenters. The van der Waals surface area contributed by atoms with Gasteiger partial charge in [0.1, 0.15) is 17.0 Å². The van der Waals surface area contributed by atoms with Crippen LogP contribution in [-0.4, -0.2) is 43.7 Å². The lowest BCUT2D eigenvalue weighted by Crippen LogP contribution is -2.45. The van der Waals surface area contributed by atoms with Gasteiger partial charge >= 0.3 is 5.97 Å². The van der Waals surface area contributed by atoms with Crippen molar-refractivity contribution < 1.29 is 19.8 Å². The molecule has 1 aliphatic carbocycles. The number of carbonyl (C=O) groups is 2. The fourth-order valence-electron chi connectivity index (χ4n) is 3.84. The number of hydrogen-bond acceptors (Lipinski definition) is 5. The third-order valence-corrected chi connectivity index (χ3v) is 5.79. The number of aromatic nitrogens is 2. The summed E-state index contributed by atoms with van der Waals surface area (Å²) in [6, 6.07) is 17.4. The first-order valence-corrected chi connectivity index (χ1v) is 11.9. The van der Waals surface area contributed by atoms with Crippen LogP contribution in [0.5, 0.6) is 0 Å². The highest BCUT2D eigenvalue weighted by atomic mass is 35.5. The molecule has 36 heavy (non-hydrogen) atoms. The molecule has 0 bridgehead atoms. The maximum atomic E-state index is 12.4. The first-order valence-electron chi connectivity index (χ1n) is 11.6. The summed E-state index contributed by atoms with van der Waals surface area (Å²) in [7, 11) is 0. The number of pyridine rings is 2. The van der Waals surface area contributed by atoms with Crippen LogP contribution >= 0.6 is 11.6 Å². The van der Waals surface area contributed by atoms with E-state index in [0.29, 0.717) is 23.6 Å². The van der Waals surface area contributed by atoms with Gasteiger partial charge in [-0.3, -0.25) is 4.79 Å². The molecule has 1 amide bonds. The first kappa shape index (κ1) is 26.9. The van der Waals surface area contributed by atoms with E-state index in [9.17, 15) is 14.7 Å². The smallest absolute Gasteiger partial charge is 0.354 e. The molecule has 2 aromatic heterocycles. The molecule has 8 heteroatoms. The molecule has 2 heterocycles. The number of carboxylic acid groups (broad SMARTS) is 1. The average molecular weight is 506 g/mol. The second kappa shape index (κ2) is 12.3. The van der Waals surface area contributed by atoms with Gasteiger partial charge in [-0.15, -0.1) is 0 Å². The van der Waals surface area contributed by atoms with E-state index in [1.54, 1.807) is 37.3 Å². The van der Waals surface area contributed by atoms with E-state index < -0.39 is 11.6 Å². The van der Waals surface area contributed by atoms with Crippen molar-refractivity contribution in [3.8, 4) is 11.8 Å². The largest absolute Gasteiger partial charge is 0.477 e. The van der Waals surface area contributed by atoms with Crippen molar-refractivity contribution in [2.45, 2.75) is 51.2 Å². The Labute approximate surface area is 215 Å². The van der Waals surface area contributed by atoms with Crippen LogP contribution in [0.4, 0.5) is 0 Å². The van der Waals surface area contributed by atoms with Gasteiger partial charge in [0.2, 0.25) is 0 Å². The van der Waals surface area contributed by atoms with Crippen LogP contribution in [0.25, 0.3) is 0 Å². The van der Waals surface area contributed by atoms with Gasteiger partial charge in [-0.2, -0.15) is 0 Å². The number of aryl methyl sites for hydroxylation is 2. The summed E-state index contributed by atoms with van der Waals surface area (Å²) in [5.74, 6) is 4.77. The third kappa shape index (κ3) is 8.19. The van der Waals surface area contributed by atoms with Crippen molar-refractivity contribution in [1.29, 1.82) is 0 Å².